The van der Waals surface area contributed by atoms with Gasteiger partial charge < -0.3 is 4.57 Å². The molecule has 3 aromatic heterocycles. The zero-order valence-electron chi connectivity index (χ0n) is 18.6. The van der Waals surface area contributed by atoms with Crippen LogP contribution in [-0.2, 0) is 22.6 Å². The lowest BCUT2D eigenvalue weighted by molar-refractivity contribution is 0.0579. The number of aryl methyl sites for hydroxylation is 1. The number of pyridine rings is 2. The van der Waals surface area contributed by atoms with E-state index in [0.29, 0.717) is 5.69 Å². The maximum absolute atomic E-state index is 11.9. The van der Waals surface area contributed by atoms with Gasteiger partial charge in [0.1, 0.15) is 11.2 Å². The highest BCUT2D eigenvalue weighted by atomic mass is 32.2. The lowest BCUT2D eigenvalue weighted by atomic mass is 9.90. The molecule has 0 aliphatic carbocycles. The van der Waals surface area contributed by atoms with Gasteiger partial charge in [0, 0.05) is 49.5 Å². The van der Waals surface area contributed by atoms with Gasteiger partial charge in [-0.2, -0.15) is 24.6 Å². The van der Waals surface area contributed by atoms with Gasteiger partial charge in [0.25, 0.3) is 0 Å². The van der Waals surface area contributed by atoms with Crippen LogP contribution >= 0.6 is 0 Å². The number of aromatic nitrogens is 5. The summed E-state index contributed by atoms with van der Waals surface area (Å²) in [7, 11) is -1.66. The van der Waals surface area contributed by atoms with Gasteiger partial charge in [-0.1, -0.05) is 6.07 Å². The Bertz CT molecular complexity index is 1630. The van der Waals surface area contributed by atoms with Gasteiger partial charge in [-0.05, 0) is 35.4 Å². The number of sulfonamides is 1. The minimum absolute atomic E-state index is 0.0908. The zero-order valence-corrected chi connectivity index (χ0v) is 19.4. The largest absolute Gasteiger partial charge is 0.318 e. The predicted octanol–water partition coefficient (Wildman–Crippen LogP) is 1.74. The van der Waals surface area contributed by atoms with E-state index in [4.69, 9.17) is 0 Å². The van der Waals surface area contributed by atoms with Gasteiger partial charge in [-0.3, -0.25) is 9.78 Å². The summed E-state index contributed by atoms with van der Waals surface area (Å²) in [6.45, 7) is 0.293. The Labute approximate surface area is 195 Å². The van der Waals surface area contributed by atoms with Crippen LogP contribution < -0.4 is 5.56 Å². The van der Waals surface area contributed by atoms with Crippen molar-refractivity contribution in [2.75, 3.05) is 19.3 Å². The van der Waals surface area contributed by atoms with Gasteiger partial charge in [-0.15, -0.1) is 0 Å². The van der Waals surface area contributed by atoms with Crippen molar-refractivity contribution in [3.05, 3.63) is 65.3 Å². The second kappa shape index (κ2) is 7.86. The summed E-state index contributed by atoms with van der Waals surface area (Å²) < 4.78 is 26.6. The highest BCUT2D eigenvalue weighted by Crippen LogP contribution is 2.36. The molecule has 0 N–H and O–H groups in total. The van der Waals surface area contributed by atoms with Crippen molar-refractivity contribution in [1.82, 2.24) is 28.9 Å². The molecule has 10 nitrogen and oxygen atoms in total. The fraction of sp³-hybridized carbons (Fsp3) is 0.261. The van der Waals surface area contributed by atoms with Crippen molar-refractivity contribution in [3.8, 4) is 28.5 Å². The lowest BCUT2D eigenvalue weighted by Gasteiger charge is -2.46. The first kappa shape index (κ1) is 21.9. The minimum atomic E-state index is -3.36. The van der Waals surface area contributed by atoms with Gasteiger partial charge in [0.2, 0.25) is 15.6 Å². The number of nitrogens with zero attached hydrogens (tertiary/aromatic N) is 7. The summed E-state index contributed by atoms with van der Waals surface area (Å²) in [5, 5.41) is 19.3. The first-order chi connectivity index (χ1) is 16.2. The highest BCUT2D eigenvalue weighted by Gasteiger charge is 2.50. The SMILES string of the molecule is Cn1cc(-c2cc(-c3cnn(C4(CC#N)CN(S(C)(=O)=O)C4)n3)c3cccnc3c2)ccc1=O. The lowest BCUT2D eigenvalue weighted by Crippen LogP contribution is -2.64. The maximum atomic E-state index is 11.9. The number of rotatable bonds is 5. The van der Waals surface area contributed by atoms with E-state index in [1.165, 1.54) is 19.7 Å². The maximum Gasteiger partial charge on any atom is 0.250 e. The number of benzene rings is 1. The molecule has 4 heterocycles. The minimum Gasteiger partial charge on any atom is -0.318 e. The van der Waals surface area contributed by atoms with Crippen molar-refractivity contribution < 1.29 is 8.42 Å². The van der Waals surface area contributed by atoms with E-state index in [9.17, 15) is 18.5 Å². The average Bonchev–Trinajstić information content (AvgIpc) is 3.26. The van der Waals surface area contributed by atoms with Crippen LogP contribution in [0.1, 0.15) is 6.42 Å². The Balaban J connectivity index is 1.61. The monoisotopic (exact) mass is 475 g/mol. The number of fused-ring (bicyclic) bond motifs is 1. The van der Waals surface area contributed by atoms with Gasteiger partial charge in [-0.25, -0.2) is 8.42 Å². The zero-order chi connectivity index (χ0) is 24.1. The average molecular weight is 476 g/mol. The molecule has 0 unspecified atom stereocenters. The molecule has 0 atom stereocenters. The fourth-order valence-electron chi connectivity index (χ4n) is 4.24. The number of hydrogen-bond acceptors (Lipinski definition) is 7. The molecule has 172 valence electrons. The molecule has 1 fully saturated rings. The molecule has 1 aliphatic heterocycles. The Morgan fingerprint density at radius 1 is 1.18 bits per heavy atom. The van der Waals surface area contributed by atoms with Crippen molar-refractivity contribution in [2.45, 2.75) is 12.0 Å². The topological polar surface area (TPSA) is 127 Å². The molecule has 1 aliphatic rings. The fourth-order valence-corrected chi connectivity index (χ4v) is 5.19. The van der Waals surface area contributed by atoms with Crippen LogP contribution in [0.15, 0.2) is 59.8 Å². The van der Waals surface area contributed by atoms with Crippen molar-refractivity contribution in [2.24, 2.45) is 7.05 Å². The molecule has 0 saturated carbocycles. The van der Waals surface area contributed by atoms with E-state index >= 15 is 0 Å². The van der Waals surface area contributed by atoms with Crippen molar-refractivity contribution in [3.63, 3.8) is 0 Å². The molecule has 0 spiro atoms. The molecule has 0 bridgehead atoms. The number of nitriles is 1. The van der Waals surface area contributed by atoms with Crippen LogP contribution in [0, 0.1) is 11.3 Å². The second-order valence-electron chi connectivity index (χ2n) is 8.57. The molecule has 0 radical (unpaired) electrons. The molecule has 4 aromatic rings. The quantitative estimate of drug-likeness (QED) is 0.430. The summed E-state index contributed by atoms with van der Waals surface area (Å²) >= 11 is 0. The Morgan fingerprint density at radius 2 is 1.97 bits per heavy atom. The van der Waals surface area contributed by atoms with Gasteiger partial charge >= 0.3 is 0 Å². The van der Waals surface area contributed by atoms with Crippen LogP contribution in [0.4, 0.5) is 0 Å². The molecule has 1 aromatic carbocycles. The molecule has 11 heteroatoms. The first-order valence-electron chi connectivity index (χ1n) is 10.5. The van der Waals surface area contributed by atoms with E-state index in [1.54, 1.807) is 31.7 Å². The summed E-state index contributed by atoms with van der Waals surface area (Å²) in [6, 6.07) is 13.1. The van der Waals surface area contributed by atoms with Crippen LogP contribution in [0.25, 0.3) is 33.3 Å². The van der Waals surface area contributed by atoms with E-state index in [2.05, 4.69) is 21.3 Å². The van der Waals surface area contributed by atoms with Crippen LogP contribution in [-0.4, -0.2) is 56.6 Å². The van der Waals surface area contributed by atoms with E-state index in [1.807, 2.05) is 24.3 Å². The van der Waals surface area contributed by atoms with Crippen LogP contribution in [0.2, 0.25) is 0 Å². The standard InChI is InChI=1S/C23H21N7O3S/c1-28-13-16(5-6-22(28)31)17-10-19(18-4-3-9-25-20(18)11-17)21-12-26-30(27-21)23(7-8-24)14-29(15-23)34(2,32)33/h3-6,9-13H,7,14-15H2,1-2H3. The Morgan fingerprint density at radius 3 is 2.68 bits per heavy atom. The van der Waals surface area contributed by atoms with Crippen molar-refractivity contribution in [1.29, 1.82) is 5.26 Å². The third-order valence-corrected chi connectivity index (χ3v) is 7.35. The third kappa shape index (κ3) is 3.67. The molecule has 5 rings (SSSR count). The molecule has 1 saturated heterocycles. The number of hydrogen-bond donors (Lipinski definition) is 0. The van der Waals surface area contributed by atoms with Gasteiger partial charge in [0.05, 0.1) is 30.5 Å². The summed E-state index contributed by atoms with van der Waals surface area (Å²) in [5.41, 5.74) is 2.96. The third-order valence-electron chi connectivity index (χ3n) is 6.15. The van der Waals surface area contributed by atoms with Crippen molar-refractivity contribution >= 4 is 20.9 Å². The van der Waals surface area contributed by atoms with Crippen LogP contribution in [0.5, 0.6) is 0 Å². The predicted molar refractivity (Wildman–Crippen MR) is 126 cm³/mol. The molecular weight excluding hydrogens is 454 g/mol. The second-order valence-corrected chi connectivity index (χ2v) is 10.6. The highest BCUT2D eigenvalue weighted by molar-refractivity contribution is 7.88. The normalized spacial score (nSPS) is 15.7. The summed E-state index contributed by atoms with van der Waals surface area (Å²) in [5.74, 6) is 0. The van der Waals surface area contributed by atoms with E-state index < -0.39 is 15.6 Å². The Kier molecular flexibility index (Phi) is 5.07. The van der Waals surface area contributed by atoms with E-state index in [-0.39, 0.29) is 25.1 Å². The molecule has 0 amide bonds. The first-order valence-corrected chi connectivity index (χ1v) is 12.4. The Hall–Kier alpha value is -3.88. The van der Waals surface area contributed by atoms with E-state index in [0.717, 1.165) is 33.8 Å². The smallest absolute Gasteiger partial charge is 0.250 e. The summed E-state index contributed by atoms with van der Waals surface area (Å²) in [6.07, 6.45) is 6.34. The molecule has 34 heavy (non-hydrogen) atoms. The van der Waals surface area contributed by atoms with Gasteiger partial charge in [0.15, 0.2) is 0 Å². The van der Waals surface area contributed by atoms with Crippen LogP contribution in [0.3, 0.4) is 0 Å². The summed E-state index contributed by atoms with van der Waals surface area (Å²) in [4.78, 5) is 17.8. The molecular formula is C23H21N7O3S.